The molecule has 0 saturated carbocycles. The van der Waals surface area contributed by atoms with Gasteiger partial charge in [-0.3, -0.25) is 9.69 Å². The van der Waals surface area contributed by atoms with E-state index in [1.54, 1.807) is 0 Å². The molecule has 0 radical (unpaired) electrons. The van der Waals surface area contributed by atoms with Crippen molar-refractivity contribution in [2.24, 2.45) is 0 Å². The Labute approximate surface area is 113 Å². The van der Waals surface area contributed by atoms with E-state index in [-0.39, 0.29) is 6.42 Å². The van der Waals surface area contributed by atoms with Gasteiger partial charge in [0.1, 0.15) is 5.82 Å². The molecule has 0 amide bonds. The number of likely N-dealkylation sites (tertiary alicyclic amines) is 1. The van der Waals surface area contributed by atoms with Crippen molar-refractivity contribution in [2.45, 2.75) is 45.1 Å². The number of piperidine rings is 1. The van der Waals surface area contributed by atoms with Gasteiger partial charge in [0.15, 0.2) is 0 Å². The summed E-state index contributed by atoms with van der Waals surface area (Å²) >= 11 is 0. The molecular formula is C14H21N3O2. The Balaban J connectivity index is 2.17. The Bertz CT molecular complexity index is 462. The Morgan fingerprint density at radius 2 is 2.26 bits per heavy atom. The summed E-state index contributed by atoms with van der Waals surface area (Å²) in [6.07, 6.45) is 4.18. The van der Waals surface area contributed by atoms with E-state index in [1.165, 1.54) is 12.8 Å². The highest BCUT2D eigenvalue weighted by Gasteiger charge is 2.22. The number of aryl methyl sites for hydroxylation is 2. The Morgan fingerprint density at radius 1 is 1.47 bits per heavy atom. The van der Waals surface area contributed by atoms with E-state index in [0.29, 0.717) is 12.5 Å². The average Bonchev–Trinajstić information content (AvgIpc) is 2.36. The largest absolute Gasteiger partial charge is 0.481 e. The minimum absolute atomic E-state index is 0.121. The molecular weight excluding hydrogens is 242 g/mol. The van der Waals surface area contributed by atoms with Crippen LogP contribution in [0.3, 0.4) is 0 Å². The van der Waals surface area contributed by atoms with Crippen LogP contribution in [0.15, 0.2) is 6.07 Å². The van der Waals surface area contributed by atoms with E-state index in [4.69, 9.17) is 5.11 Å². The highest BCUT2D eigenvalue weighted by atomic mass is 16.4. The van der Waals surface area contributed by atoms with Crippen LogP contribution in [0.2, 0.25) is 0 Å². The first-order valence-electron chi connectivity index (χ1n) is 6.83. The summed E-state index contributed by atoms with van der Waals surface area (Å²) in [7, 11) is 2.12. The number of nitrogens with zero attached hydrogens (tertiary/aromatic N) is 3. The summed E-state index contributed by atoms with van der Waals surface area (Å²) in [5.41, 5.74) is 1.87. The molecule has 1 N–H and O–H groups in total. The number of hydrogen-bond acceptors (Lipinski definition) is 4. The van der Waals surface area contributed by atoms with E-state index in [2.05, 4.69) is 21.9 Å². The summed E-state index contributed by atoms with van der Waals surface area (Å²) in [4.78, 5) is 21.8. The Kier molecular flexibility index (Phi) is 4.47. The van der Waals surface area contributed by atoms with Gasteiger partial charge in [0, 0.05) is 12.1 Å². The summed E-state index contributed by atoms with van der Waals surface area (Å²) < 4.78 is 0. The summed E-state index contributed by atoms with van der Waals surface area (Å²) in [5.74, 6) is -0.0514. The van der Waals surface area contributed by atoms with Gasteiger partial charge in [0.05, 0.1) is 18.2 Å². The molecule has 1 unspecified atom stereocenters. The third-order valence-electron chi connectivity index (χ3n) is 3.62. The quantitative estimate of drug-likeness (QED) is 0.899. The van der Waals surface area contributed by atoms with Gasteiger partial charge in [-0.25, -0.2) is 9.97 Å². The van der Waals surface area contributed by atoms with Crippen LogP contribution in [0.25, 0.3) is 0 Å². The van der Waals surface area contributed by atoms with Gasteiger partial charge in [0.25, 0.3) is 0 Å². The van der Waals surface area contributed by atoms with Crippen molar-refractivity contribution in [2.75, 3.05) is 13.6 Å². The molecule has 5 nitrogen and oxygen atoms in total. The molecule has 0 aromatic carbocycles. The summed E-state index contributed by atoms with van der Waals surface area (Å²) in [6, 6.07) is 2.32. The second-order valence-electron chi connectivity index (χ2n) is 5.22. The molecule has 1 aliphatic rings. The highest BCUT2D eigenvalue weighted by molar-refractivity contribution is 5.66. The SMILES string of the molecule is Cc1nc(CCC(=O)O)cc(C2CCCCN2C)n1. The van der Waals surface area contributed by atoms with Crippen LogP contribution in [0.4, 0.5) is 0 Å². The van der Waals surface area contributed by atoms with Gasteiger partial charge in [-0.2, -0.15) is 0 Å². The lowest BCUT2D eigenvalue weighted by molar-refractivity contribution is -0.136. The predicted molar refractivity (Wildman–Crippen MR) is 71.9 cm³/mol. The van der Waals surface area contributed by atoms with E-state index in [1.807, 2.05) is 13.0 Å². The van der Waals surface area contributed by atoms with Gasteiger partial charge in [-0.05, 0) is 39.4 Å². The Morgan fingerprint density at radius 3 is 2.95 bits per heavy atom. The molecule has 1 fully saturated rings. The first-order chi connectivity index (χ1) is 9.06. The number of carbonyl (C=O) groups is 1. The molecule has 0 bridgehead atoms. The number of aliphatic carboxylic acids is 1. The zero-order chi connectivity index (χ0) is 13.8. The van der Waals surface area contributed by atoms with Gasteiger partial charge < -0.3 is 5.11 Å². The van der Waals surface area contributed by atoms with E-state index >= 15 is 0 Å². The minimum Gasteiger partial charge on any atom is -0.481 e. The zero-order valence-electron chi connectivity index (χ0n) is 11.6. The van der Waals surface area contributed by atoms with Crippen LogP contribution >= 0.6 is 0 Å². The lowest BCUT2D eigenvalue weighted by Crippen LogP contribution is -2.30. The average molecular weight is 263 g/mol. The van der Waals surface area contributed by atoms with Crippen molar-refractivity contribution >= 4 is 5.97 Å². The normalized spacial score (nSPS) is 20.4. The van der Waals surface area contributed by atoms with Crippen molar-refractivity contribution in [1.82, 2.24) is 14.9 Å². The van der Waals surface area contributed by atoms with Gasteiger partial charge in [-0.1, -0.05) is 6.42 Å². The van der Waals surface area contributed by atoms with Crippen LogP contribution < -0.4 is 0 Å². The molecule has 1 atom stereocenters. The number of carboxylic acid groups (broad SMARTS) is 1. The lowest BCUT2D eigenvalue weighted by Gasteiger charge is -2.32. The van der Waals surface area contributed by atoms with E-state index in [9.17, 15) is 4.79 Å². The third kappa shape index (κ3) is 3.73. The van der Waals surface area contributed by atoms with Crippen molar-refractivity contribution in [3.63, 3.8) is 0 Å². The number of carboxylic acids is 1. The third-order valence-corrected chi connectivity index (χ3v) is 3.62. The first kappa shape index (κ1) is 13.9. The Hall–Kier alpha value is -1.49. The summed E-state index contributed by atoms with van der Waals surface area (Å²) in [5, 5.41) is 8.75. The van der Waals surface area contributed by atoms with E-state index < -0.39 is 5.97 Å². The maximum absolute atomic E-state index is 10.6. The molecule has 5 heteroatoms. The molecule has 2 rings (SSSR count). The maximum atomic E-state index is 10.6. The molecule has 19 heavy (non-hydrogen) atoms. The molecule has 1 saturated heterocycles. The fraction of sp³-hybridized carbons (Fsp3) is 0.643. The van der Waals surface area contributed by atoms with Crippen LogP contribution in [0.5, 0.6) is 0 Å². The first-order valence-corrected chi connectivity index (χ1v) is 6.83. The van der Waals surface area contributed by atoms with Gasteiger partial charge in [-0.15, -0.1) is 0 Å². The molecule has 1 aliphatic heterocycles. The molecule has 1 aromatic rings. The van der Waals surface area contributed by atoms with Crippen LogP contribution in [0.1, 0.15) is 48.9 Å². The highest BCUT2D eigenvalue weighted by Crippen LogP contribution is 2.28. The smallest absolute Gasteiger partial charge is 0.303 e. The fourth-order valence-electron chi connectivity index (χ4n) is 2.64. The van der Waals surface area contributed by atoms with Crippen LogP contribution in [-0.2, 0) is 11.2 Å². The minimum atomic E-state index is -0.785. The predicted octanol–water partition coefficient (Wildman–Crippen LogP) is 1.96. The lowest BCUT2D eigenvalue weighted by atomic mass is 9.99. The number of hydrogen-bond donors (Lipinski definition) is 1. The molecule has 2 heterocycles. The second kappa shape index (κ2) is 6.10. The molecule has 0 spiro atoms. The van der Waals surface area contributed by atoms with Crippen LogP contribution in [0, 0.1) is 6.92 Å². The molecule has 104 valence electrons. The van der Waals surface area contributed by atoms with Crippen molar-refractivity contribution in [1.29, 1.82) is 0 Å². The maximum Gasteiger partial charge on any atom is 0.303 e. The number of rotatable bonds is 4. The standard InChI is InChI=1S/C14H21N3O2/c1-10-15-11(6-7-14(18)19)9-12(16-10)13-5-3-4-8-17(13)2/h9,13H,3-8H2,1-2H3,(H,18,19). The van der Waals surface area contributed by atoms with E-state index in [0.717, 1.165) is 30.2 Å². The van der Waals surface area contributed by atoms with Crippen molar-refractivity contribution in [3.8, 4) is 0 Å². The van der Waals surface area contributed by atoms with Crippen LogP contribution in [-0.4, -0.2) is 39.5 Å². The van der Waals surface area contributed by atoms with Crippen molar-refractivity contribution in [3.05, 3.63) is 23.3 Å². The fourth-order valence-corrected chi connectivity index (χ4v) is 2.64. The van der Waals surface area contributed by atoms with Gasteiger partial charge >= 0.3 is 5.97 Å². The molecule has 1 aromatic heterocycles. The molecule has 0 aliphatic carbocycles. The number of aromatic nitrogens is 2. The van der Waals surface area contributed by atoms with Crippen molar-refractivity contribution < 1.29 is 9.90 Å². The monoisotopic (exact) mass is 263 g/mol. The zero-order valence-corrected chi connectivity index (χ0v) is 11.6. The summed E-state index contributed by atoms with van der Waals surface area (Å²) in [6.45, 7) is 2.97. The second-order valence-corrected chi connectivity index (χ2v) is 5.22. The topological polar surface area (TPSA) is 66.3 Å². The van der Waals surface area contributed by atoms with Gasteiger partial charge in [0.2, 0.25) is 0 Å².